The van der Waals surface area contributed by atoms with Crippen LogP contribution >= 0.6 is 0 Å². The Balaban J connectivity index is 1.45. The minimum absolute atomic E-state index is 0.0725. The van der Waals surface area contributed by atoms with Gasteiger partial charge in [-0.25, -0.2) is 0 Å². The Hall–Kier alpha value is -3.61. The molecule has 1 saturated carbocycles. The number of para-hydroxylation sites is 2. The third-order valence-corrected chi connectivity index (χ3v) is 6.17. The standard InChI is InChI=1S/C27H31N3O4/c1-3-20(4-2)28-27(33)24-17-30(22-7-5-6-8-23(22)34-24)25(31)16-11-18-9-12-19(13-10-18)26(32)29-21-14-15-21/h5-13,16,20-21,24H,3-4,14-15,17H2,1-2H3,(H,28,33)(H,29,32)/b16-11+. The average molecular weight is 462 g/mol. The largest absolute Gasteiger partial charge is 0.477 e. The summed E-state index contributed by atoms with van der Waals surface area (Å²) in [7, 11) is 0. The van der Waals surface area contributed by atoms with Crippen molar-refractivity contribution in [3.63, 3.8) is 0 Å². The predicted octanol–water partition coefficient (Wildman–Crippen LogP) is 3.69. The van der Waals surface area contributed by atoms with Crippen molar-refractivity contribution in [3.8, 4) is 5.75 Å². The van der Waals surface area contributed by atoms with Crippen LogP contribution in [0, 0.1) is 0 Å². The molecule has 1 atom stereocenters. The van der Waals surface area contributed by atoms with E-state index in [9.17, 15) is 14.4 Å². The van der Waals surface area contributed by atoms with E-state index in [0.717, 1.165) is 31.2 Å². The van der Waals surface area contributed by atoms with Gasteiger partial charge in [-0.15, -0.1) is 0 Å². The van der Waals surface area contributed by atoms with E-state index in [4.69, 9.17) is 4.74 Å². The van der Waals surface area contributed by atoms with Crippen molar-refractivity contribution in [3.05, 3.63) is 65.7 Å². The molecule has 1 fully saturated rings. The molecule has 0 saturated heterocycles. The van der Waals surface area contributed by atoms with Crippen molar-refractivity contribution in [2.24, 2.45) is 0 Å². The van der Waals surface area contributed by atoms with Crippen LogP contribution in [0.1, 0.15) is 55.5 Å². The molecule has 1 unspecified atom stereocenters. The Morgan fingerprint density at radius 2 is 1.76 bits per heavy atom. The van der Waals surface area contributed by atoms with Gasteiger partial charge in [-0.05, 0) is 61.6 Å². The monoisotopic (exact) mass is 461 g/mol. The molecule has 1 aliphatic carbocycles. The molecule has 3 amide bonds. The highest BCUT2D eigenvalue weighted by Gasteiger charge is 2.33. The van der Waals surface area contributed by atoms with Crippen LogP contribution in [0.2, 0.25) is 0 Å². The zero-order valence-corrected chi connectivity index (χ0v) is 19.6. The van der Waals surface area contributed by atoms with Crippen LogP contribution in [0.5, 0.6) is 5.75 Å². The summed E-state index contributed by atoms with van der Waals surface area (Å²) in [6, 6.07) is 14.7. The molecule has 1 heterocycles. The summed E-state index contributed by atoms with van der Waals surface area (Å²) in [6.45, 7) is 4.18. The number of carbonyl (C=O) groups excluding carboxylic acids is 3. The lowest BCUT2D eigenvalue weighted by molar-refractivity contribution is -0.129. The minimum atomic E-state index is -0.780. The Morgan fingerprint density at radius 3 is 2.44 bits per heavy atom. The highest BCUT2D eigenvalue weighted by Crippen LogP contribution is 2.33. The molecule has 2 aromatic carbocycles. The van der Waals surface area contributed by atoms with Crippen LogP contribution in [0.4, 0.5) is 5.69 Å². The summed E-state index contributed by atoms with van der Waals surface area (Å²) in [6.07, 6.45) is 6.16. The van der Waals surface area contributed by atoms with Gasteiger partial charge in [0, 0.05) is 23.7 Å². The van der Waals surface area contributed by atoms with Gasteiger partial charge < -0.3 is 20.3 Å². The highest BCUT2D eigenvalue weighted by molar-refractivity contribution is 6.06. The van der Waals surface area contributed by atoms with Gasteiger partial charge in [0.1, 0.15) is 5.75 Å². The topological polar surface area (TPSA) is 87.7 Å². The predicted molar refractivity (Wildman–Crippen MR) is 132 cm³/mol. The van der Waals surface area contributed by atoms with Crippen LogP contribution in [-0.2, 0) is 9.59 Å². The van der Waals surface area contributed by atoms with E-state index in [1.807, 2.05) is 44.2 Å². The second kappa shape index (κ2) is 10.5. The maximum absolute atomic E-state index is 13.1. The number of benzene rings is 2. The third-order valence-electron chi connectivity index (χ3n) is 6.17. The first kappa shape index (κ1) is 23.5. The molecule has 0 spiro atoms. The van der Waals surface area contributed by atoms with Crippen LogP contribution in [-0.4, -0.2) is 42.5 Å². The van der Waals surface area contributed by atoms with Gasteiger partial charge in [-0.1, -0.05) is 38.1 Å². The lowest BCUT2D eigenvalue weighted by atomic mass is 10.1. The Bertz CT molecular complexity index is 1070. The lowest BCUT2D eigenvalue weighted by Crippen LogP contribution is -2.52. The Kier molecular flexibility index (Phi) is 7.30. The molecule has 0 aromatic heterocycles. The van der Waals surface area contributed by atoms with Gasteiger partial charge >= 0.3 is 0 Å². The number of nitrogens with one attached hydrogen (secondary N) is 2. The van der Waals surface area contributed by atoms with Crippen molar-refractivity contribution in [2.75, 3.05) is 11.4 Å². The van der Waals surface area contributed by atoms with Crippen molar-refractivity contribution in [1.29, 1.82) is 0 Å². The van der Waals surface area contributed by atoms with Crippen LogP contribution in [0.3, 0.4) is 0 Å². The number of fused-ring (bicyclic) bond motifs is 1. The summed E-state index contributed by atoms with van der Waals surface area (Å²) < 4.78 is 5.93. The van der Waals surface area contributed by atoms with Gasteiger partial charge in [0.25, 0.3) is 17.7 Å². The molecule has 2 aliphatic rings. The first-order chi connectivity index (χ1) is 16.5. The zero-order valence-electron chi connectivity index (χ0n) is 19.6. The number of amides is 3. The molecule has 0 bridgehead atoms. The van der Waals surface area contributed by atoms with Crippen molar-refractivity contribution in [1.82, 2.24) is 10.6 Å². The van der Waals surface area contributed by atoms with E-state index in [1.165, 1.54) is 6.08 Å². The number of anilines is 1. The molecule has 178 valence electrons. The smallest absolute Gasteiger partial charge is 0.263 e. The average Bonchev–Trinajstić information content (AvgIpc) is 3.69. The number of rotatable bonds is 8. The first-order valence-electron chi connectivity index (χ1n) is 11.9. The van der Waals surface area contributed by atoms with E-state index in [-0.39, 0.29) is 30.3 Å². The Labute approximate surface area is 200 Å². The van der Waals surface area contributed by atoms with Crippen LogP contribution in [0.25, 0.3) is 6.08 Å². The van der Waals surface area contributed by atoms with E-state index < -0.39 is 6.10 Å². The fourth-order valence-electron chi connectivity index (χ4n) is 3.87. The van der Waals surface area contributed by atoms with Crippen molar-refractivity contribution < 1.29 is 19.1 Å². The molecule has 1 aliphatic heterocycles. The molecule has 2 N–H and O–H groups in total. The third kappa shape index (κ3) is 5.65. The summed E-state index contributed by atoms with van der Waals surface area (Å²) in [5.74, 6) is -0.0281. The van der Waals surface area contributed by atoms with E-state index in [0.29, 0.717) is 23.0 Å². The van der Waals surface area contributed by atoms with Gasteiger partial charge in [-0.2, -0.15) is 0 Å². The van der Waals surface area contributed by atoms with E-state index in [2.05, 4.69) is 10.6 Å². The van der Waals surface area contributed by atoms with Crippen molar-refractivity contribution >= 4 is 29.5 Å². The molecule has 2 aromatic rings. The molecular weight excluding hydrogens is 430 g/mol. The summed E-state index contributed by atoms with van der Waals surface area (Å²) >= 11 is 0. The SMILES string of the molecule is CCC(CC)NC(=O)C1CN(C(=O)/C=C/c2ccc(C(=O)NC3CC3)cc2)c2ccccc2O1. The molecule has 7 heteroatoms. The van der Waals surface area contributed by atoms with Crippen LogP contribution < -0.4 is 20.3 Å². The normalized spacial score (nSPS) is 17.3. The number of ether oxygens (including phenoxy) is 1. The maximum atomic E-state index is 13.1. The second-order valence-corrected chi connectivity index (χ2v) is 8.75. The molecule has 0 radical (unpaired) electrons. The maximum Gasteiger partial charge on any atom is 0.263 e. The summed E-state index contributed by atoms with van der Waals surface area (Å²) in [5.41, 5.74) is 2.04. The van der Waals surface area contributed by atoms with Crippen LogP contribution in [0.15, 0.2) is 54.6 Å². The molecule has 4 rings (SSSR count). The fraction of sp³-hybridized carbons (Fsp3) is 0.370. The van der Waals surface area contributed by atoms with E-state index in [1.54, 1.807) is 29.2 Å². The van der Waals surface area contributed by atoms with Gasteiger partial charge in [0.2, 0.25) is 0 Å². The number of hydrogen-bond acceptors (Lipinski definition) is 4. The number of nitrogens with zero attached hydrogens (tertiary/aromatic N) is 1. The van der Waals surface area contributed by atoms with Gasteiger partial charge in [0.05, 0.1) is 12.2 Å². The molecular formula is C27H31N3O4. The lowest BCUT2D eigenvalue weighted by Gasteiger charge is -2.34. The summed E-state index contributed by atoms with van der Waals surface area (Å²) in [5, 5.41) is 5.97. The fourth-order valence-corrected chi connectivity index (χ4v) is 3.87. The second-order valence-electron chi connectivity index (χ2n) is 8.75. The van der Waals surface area contributed by atoms with Gasteiger partial charge in [0.15, 0.2) is 6.10 Å². The summed E-state index contributed by atoms with van der Waals surface area (Å²) in [4.78, 5) is 39.7. The van der Waals surface area contributed by atoms with E-state index >= 15 is 0 Å². The van der Waals surface area contributed by atoms with Gasteiger partial charge in [-0.3, -0.25) is 14.4 Å². The number of carbonyl (C=O) groups is 3. The Morgan fingerprint density at radius 1 is 1.06 bits per heavy atom. The molecule has 7 nitrogen and oxygen atoms in total. The minimum Gasteiger partial charge on any atom is -0.477 e. The quantitative estimate of drug-likeness (QED) is 0.587. The first-order valence-corrected chi connectivity index (χ1v) is 11.9. The zero-order chi connectivity index (χ0) is 24.1. The molecule has 34 heavy (non-hydrogen) atoms. The van der Waals surface area contributed by atoms with Crippen molar-refractivity contribution in [2.45, 2.75) is 57.7 Å². The number of hydrogen-bond donors (Lipinski definition) is 2. The highest BCUT2D eigenvalue weighted by atomic mass is 16.5.